The number of hydrogen-bond acceptors (Lipinski definition) is 4. The molecule has 1 aromatic heterocycles. The molecule has 0 atom stereocenters. The average molecular weight is 317 g/mol. The molecule has 0 aliphatic rings. The minimum atomic E-state index is 0.495. The van der Waals surface area contributed by atoms with Crippen LogP contribution in [0.25, 0.3) is 11.5 Å². The van der Waals surface area contributed by atoms with Crippen LogP contribution in [0, 0.1) is 0 Å². The molecular weight excluding hydrogens is 305 g/mol. The molecule has 17 heavy (non-hydrogen) atoms. The fraction of sp³-hybridized carbons (Fsp3) is 0.273. The van der Waals surface area contributed by atoms with Gasteiger partial charge in [-0.15, -0.1) is 10.2 Å². The van der Waals surface area contributed by atoms with E-state index in [1.165, 1.54) is 0 Å². The summed E-state index contributed by atoms with van der Waals surface area (Å²) in [4.78, 5) is 0. The molecule has 0 amide bonds. The van der Waals surface area contributed by atoms with Gasteiger partial charge in [-0.1, -0.05) is 11.6 Å². The van der Waals surface area contributed by atoms with Crippen LogP contribution in [-0.4, -0.2) is 16.7 Å². The zero-order chi connectivity index (χ0) is 12.3. The molecule has 0 bridgehead atoms. The van der Waals surface area contributed by atoms with Crippen molar-refractivity contribution in [3.05, 3.63) is 33.6 Å². The Kier molecular flexibility index (Phi) is 4.15. The molecule has 1 aromatic carbocycles. The Bertz CT molecular complexity index is 515. The van der Waals surface area contributed by atoms with Crippen molar-refractivity contribution in [1.29, 1.82) is 0 Å². The van der Waals surface area contributed by atoms with Crippen LogP contribution < -0.4 is 5.73 Å². The third-order valence-corrected chi connectivity index (χ3v) is 3.44. The molecular formula is C11H11BrClN3O. The van der Waals surface area contributed by atoms with Gasteiger partial charge in [0.2, 0.25) is 11.8 Å². The first-order valence-electron chi connectivity index (χ1n) is 5.18. The topological polar surface area (TPSA) is 64.9 Å². The Balaban J connectivity index is 2.21. The highest BCUT2D eigenvalue weighted by molar-refractivity contribution is 9.10. The molecule has 1 heterocycles. The van der Waals surface area contributed by atoms with E-state index in [9.17, 15) is 0 Å². The Hall–Kier alpha value is -0.910. The van der Waals surface area contributed by atoms with E-state index in [1.807, 2.05) is 12.1 Å². The first-order valence-corrected chi connectivity index (χ1v) is 6.35. The first kappa shape index (κ1) is 12.5. The number of rotatable bonds is 4. The highest BCUT2D eigenvalue weighted by Crippen LogP contribution is 2.28. The van der Waals surface area contributed by atoms with Crippen LogP contribution in [-0.2, 0) is 6.42 Å². The lowest BCUT2D eigenvalue weighted by atomic mass is 10.2. The van der Waals surface area contributed by atoms with Gasteiger partial charge >= 0.3 is 0 Å². The van der Waals surface area contributed by atoms with E-state index < -0.39 is 0 Å². The summed E-state index contributed by atoms with van der Waals surface area (Å²) in [5.41, 5.74) is 6.26. The highest BCUT2D eigenvalue weighted by atomic mass is 79.9. The average Bonchev–Trinajstić information content (AvgIpc) is 2.79. The summed E-state index contributed by atoms with van der Waals surface area (Å²) in [7, 11) is 0. The maximum absolute atomic E-state index is 5.91. The fourth-order valence-corrected chi connectivity index (χ4v) is 1.85. The molecule has 4 nitrogen and oxygen atoms in total. The van der Waals surface area contributed by atoms with E-state index in [-0.39, 0.29) is 0 Å². The Morgan fingerprint density at radius 2 is 2.18 bits per heavy atom. The zero-order valence-electron chi connectivity index (χ0n) is 8.99. The lowest BCUT2D eigenvalue weighted by Crippen LogP contribution is -2.00. The Labute approximate surface area is 112 Å². The quantitative estimate of drug-likeness (QED) is 0.941. The van der Waals surface area contributed by atoms with Crippen LogP contribution in [0.1, 0.15) is 12.3 Å². The minimum absolute atomic E-state index is 0.495. The second kappa shape index (κ2) is 5.62. The summed E-state index contributed by atoms with van der Waals surface area (Å²) in [5, 5.41) is 8.60. The molecule has 0 unspecified atom stereocenters. The highest BCUT2D eigenvalue weighted by Gasteiger charge is 2.09. The predicted molar refractivity (Wildman–Crippen MR) is 69.8 cm³/mol. The molecule has 90 valence electrons. The van der Waals surface area contributed by atoms with Gasteiger partial charge in [0.15, 0.2) is 0 Å². The van der Waals surface area contributed by atoms with E-state index in [4.69, 9.17) is 21.8 Å². The van der Waals surface area contributed by atoms with Crippen LogP contribution in [0.5, 0.6) is 0 Å². The zero-order valence-corrected chi connectivity index (χ0v) is 11.3. The number of nitrogens with zero attached hydrogens (tertiary/aromatic N) is 2. The van der Waals surface area contributed by atoms with E-state index >= 15 is 0 Å². The first-order chi connectivity index (χ1) is 8.20. The molecule has 0 fully saturated rings. The third kappa shape index (κ3) is 3.06. The van der Waals surface area contributed by atoms with Crippen LogP contribution in [0.3, 0.4) is 0 Å². The predicted octanol–water partition coefficient (Wildman–Crippen LogP) is 3.04. The second-order valence-electron chi connectivity index (χ2n) is 3.52. The van der Waals surface area contributed by atoms with Crippen molar-refractivity contribution in [2.45, 2.75) is 12.8 Å². The smallest absolute Gasteiger partial charge is 0.247 e. The van der Waals surface area contributed by atoms with Gasteiger partial charge in [0.25, 0.3) is 0 Å². The summed E-state index contributed by atoms with van der Waals surface area (Å²) in [6.45, 7) is 0.615. The van der Waals surface area contributed by atoms with Crippen molar-refractivity contribution in [3.8, 4) is 11.5 Å². The lowest BCUT2D eigenvalue weighted by Gasteiger charge is -1.98. The van der Waals surface area contributed by atoms with Gasteiger partial charge in [-0.05, 0) is 47.1 Å². The number of nitrogens with two attached hydrogens (primary N) is 1. The van der Waals surface area contributed by atoms with Crippen molar-refractivity contribution >= 4 is 27.5 Å². The van der Waals surface area contributed by atoms with E-state index in [0.29, 0.717) is 29.8 Å². The monoisotopic (exact) mass is 315 g/mol. The van der Waals surface area contributed by atoms with Crippen molar-refractivity contribution in [1.82, 2.24) is 10.2 Å². The molecule has 0 saturated heterocycles. The third-order valence-electron chi connectivity index (χ3n) is 2.23. The lowest BCUT2D eigenvalue weighted by molar-refractivity contribution is 0.499. The van der Waals surface area contributed by atoms with Gasteiger partial charge < -0.3 is 10.2 Å². The Morgan fingerprint density at radius 1 is 1.35 bits per heavy atom. The number of aryl methyl sites for hydroxylation is 1. The number of hydrogen-bond donors (Lipinski definition) is 1. The van der Waals surface area contributed by atoms with Crippen molar-refractivity contribution in [2.75, 3.05) is 6.54 Å². The molecule has 2 N–H and O–H groups in total. The molecule has 2 rings (SSSR count). The van der Waals surface area contributed by atoms with Gasteiger partial charge in [0.1, 0.15) is 0 Å². The van der Waals surface area contributed by atoms with Crippen LogP contribution >= 0.6 is 27.5 Å². The van der Waals surface area contributed by atoms with Crippen LogP contribution in [0.15, 0.2) is 27.1 Å². The van der Waals surface area contributed by atoms with Gasteiger partial charge in [-0.2, -0.15) is 0 Å². The van der Waals surface area contributed by atoms with Crippen molar-refractivity contribution in [2.24, 2.45) is 5.73 Å². The van der Waals surface area contributed by atoms with Gasteiger partial charge in [0, 0.05) is 16.5 Å². The second-order valence-corrected chi connectivity index (χ2v) is 4.78. The van der Waals surface area contributed by atoms with Crippen LogP contribution in [0.2, 0.25) is 5.02 Å². The van der Waals surface area contributed by atoms with E-state index in [2.05, 4.69) is 26.1 Å². The molecule has 0 saturated carbocycles. The largest absolute Gasteiger partial charge is 0.421 e. The molecule has 2 aromatic rings. The van der Waals surface area contributed by atoms with Gasteiger partial charge in [-0.3, -0.25) is 0 Å². The van der Waals surface area contributed by atoms with Crippen LogP contribution in [0.4, 0.5) is 0 Å². The van der Waals surface area contributed by atoms with Gasteiger partial charge in [0.05, 0.1) is 5.02 Å². The molecule has 0 aliphatic carbocycles. The minimum Gasteiger partial charge on any atom is -0.421 e. The summed E-state index contributed by atoms with van der Waals surface area (Å²) < 4.78 is 6.33. The van der Waals surface area contributed by atoms with E-state index in [1.54, 1.807) is 6.07 Å². The van der Waals surface area contributed by atoms with Crippen molar-refractivity contribution < 1.29 is 4.42 Å². The summed E-state index contributed by atoms with van der Waals surface area (Å²) in [6, 6.07) is 5.47. The molecule has 0 aliphatic heterocycles. The standard InChI is InChI=1S/C11H11BrClN3O/c12-8-6-7(3-4-9(8)13)11-16-15-10(17-11)2-1-5-14/h3-4,6H,1-2,5,14H2. The molecule has 0 spiro atoms. The summed E-state index contributed by atoms with van der Waals surface area (Å²) in [5.74, 6) is 1.10. The number of halogens is 2. The maximum Gasteiger partial charge on any atom is 0.247 e. The number of benzene rings is 1. The fourth-order valence-electron chi connectivity index (χ4n) is 1.35. The summed E-state index contributed by atoms with van der Waals surface area (Å²) >= 11 is 9.27. The summed E-state index contributed by atoms with van der Waals surface area (Å²) in [6.07, 6.45) is 1.55. The van der Waals surface area contributed by atoms with Gasteiger partial charge in [-0.25, -0.2) is 0 Å². The molecule has 0 radical (unpaired) electrons. The maximum atomic E-state index is 5.91. The SMILES string of the molecule is NCCCc1nnc(-c2ccc(Cl)c(Br)c2)o1. The van der Waals surface area contributed by atoms with Crippen molar-refractivity contribution in [3.63, 3.8) is 0 Å². The Morgan fingerprint density at radius 3 is 2.88 bits per heavy atom. The molecule has 6 heteroatoms. The van der Waals surface area contributed by atoms with E-state index in [0.717, 1.165) is 16.5 Å². The number of aromatic nitrogens is 2. The normalized spacial score (nSPS) is 10.8.